The standard InChI is InChI=1S/C25H48BN4O2P2/c1-7-27(8-2)33(28(9-3)10-4)24-16-11-17-25(24)34(26,29-18-12-14-22(29)20-31-5)30-19-13-15-23(30)21-32-6/h11,16-17,22-23,25H,7-10,12-15,18-21H2,1-6H3/q+1/t22-,23-,25-/m1/s1. The zero-order chi connectivity index (χ0) is 24.7. The highest BCUT2D eigenvalue weighted by atomic mass is 31.2. The molecule has 0 N–H and O–H groups in total. The Hall–Kier alpha value is 0.165. The summed E-state index contributed by atoms with van der Waals surface area (Å²) < 4.78 is 22.2. The lowest BCUT2D eigenvalue weighted by molar-refractivity contribution is 0.136. The smallest absolute Gasteiger partial charge is 0.383 e. The van der Waals surface area contributed by atoms with E-state index in [0.717, 1.165) is 52.5 Å². The number of rotatable bonds is 14. The van der Waals surface area contributed by atoms with E-state index in [1.54, 1.807) is 5.31 Å². The maximum Gasteiger partial charge on any atom is 0.410 e. The van der Waals surface area contributed by atoms with Crippen molar-refractivity contribution in [3.8, 4) is 0 Å². The Bertz CT molecular complexity index is 654. The van der Waals surface area contributed by atoms with Crippen LogP contribution in [0.15, 0.2) is 23.5 Å². The van der Waals surface area contributed by atoms with Crippen LogP contribution < -0.4 is 0 Å². The highest BCUT2D eigenvalue weighted by Gasteiger charge is 2.60. The normalized spacial score (nSPS) is 26.6. The average Bonchev–Trinajstić information content (AvgIpc) is 3.61. The molecule has 0 amide bonds. The number of ether oxygens (including phenoxy) is 2. The van der Waals surface area contributed by atoms with Gasteiger partial charge < -0.3 is 9.47 Å². The van der Waals surface area contributed by atoms with Crippen molar-refractivity contribution in [2.24, 2.45) is 0 Å². The van der Waals surface area contributed by atoms with Gasteiger partial charge in [0.15, 0.2) is 0 Å². The van der Waals surface area contributed by atoms with E-state index in [9.17, 15) is 0 Å². The van der Waals surface area contributed by atoms with Crippen molar-refractivity contribution < 1.29 is 9.47 Å². The second kappa shape index (κ2) is 13.6. The fourth-order valence-electron chi connectivity index (χ4n) is 6.13. The molecular weight excluding hydrogens is 461 g/mol. The minimum absolute atomic E-state index is 0.259. The minimum atomic E-state index is -2.20. The first-order valence-electron chi connectivity index (χ1n) is 13.4. The Labute approximate surface area is 212 Å². The summed E-state index contributed by atoms with van der Waals surface area (Å²) >= 11 is 0. The average molecular weight is 509 g/mol. The van der Waals surface area contributed by atoms with Crippen molar-refractivity contribution in [1.29, 1.82) is 0 Å². The molecule has 0 unspecified atom stereocenters. The van der Waals surface area contributed by atoms with Crippen LogP contribution in [0.1, 0.15) is 53.4 Å². The van der Waals surface area contributed by atoms with Gasteiger partial charge in [-0.2, -0.15) is 9.34 Å². The molecule has 6 nitrogen and oxygen atoms in total. The van der Waals surface area contributed by atoms with Crippen LogP contribution in [0.5, 0.6) is 0 Å². The van der Waals surface area contributed by atoms with Crippen LogP contribution in [0.2, 0.25) is 0 Å². The maximum absolute atomic E-state index is 7.88. The molecule has 0 spiro atoms. The number of allylic oxidation sites excluding steroid dienone is 4. The van der Waals surface area contributed by atoms with Crippen LogP contribution in [-0.4, -0.2) is 111 Å². The fourth-order valence-corrected chi connectivity index (χ4v) is 13.7. The molecule has 1 aliphatic carbocycles. The van der Waals surface area contributed by atoms with Gasteiger partial charge in [-0.25, -0.2) is 0 Å². The lowest BCUT2D eigenvalue weighted by atomic mass is 10.2. The SMILES string of the molecule is [B][P+]([C@@H]1C=CC=C1P(N(CC)CC)N(CC)CC)(N1CCC[C@@H]1COC)N1CCC[C@@H]1COC. The van der Waals surface area contributed by atoms with Crippen molar-refractivity contribution >= 4 is 23.2 Å². The molecule has 2 heterocycles. The third kappa shape index (κ3) is 5.68. The Morgan fingerprint density at radius 2 is 1.38 bits per heavy atom. The number of nitrogens with zero attached hydrogens (tertiary/aromatic N) is 4. The van der Waals surface area contributed by atoms with E-state index in [1.165, 1.54) is 25.7 Å². The van der Waals surface area contributed by atoms with Crippen LogP contribution in [0, 0.1) is 0 Å². The summed E-state index contributed by atoms with van der Waals surface area (Å²) in [4.78, 5) is 0. The zero-order valence-electron chi connectivity index (χ0n) is 22.5. The molecule has 2 aliphatic heterocycles. The van der Waals surface area contributed by atoms with Gasteiger partial charge in [0, 0.05) is 58.8 Å². The summed E-state index contributed by atoms with van der Waals surface area (Å²) in [6.45, 7) is 17.1. The summed E-state index contributed by atoms with van der Waals surface area (Å²) in [7, 11) is 8.78. The first-order valence-corrected chi connectivity index (χ1v) is 16.5. The van der Waals surface area contributed by atoms with E-state index < -0.39 is 15.7 Å². The highest BCUT2D eigenvalue weighted by molar-refractivity contribution is 7.95. The van der Waals surface area contributed by atoms with Gasteiger partial charge in [-0.05, 0) is 31.8 Å². The van der Waals surface area contributed by atoms with Gasteiger partial charge in [0.05, 0.1) is 33.5 Å². The predicted octanol–water partition coefficient (Wildman–Crippen LogP) is 4.96. The number of hydrogen-bond acceptors (Lipinski definition) is 6. The molecular formula is C25H48BN4O2P2+. The number of methoxy groups -OCH3 is 2. The molecule has 2 saturated heterocycles. The molecule has 2 fully saturated rings. The topological polar surface area (TPSA) is 31.4 Å². The number of hydrogen-bond donors (Lipinski definition) is 0. The predicted molar refractivity (Wildman–Crippen MR) is 150 cm³/mol. The molecule has 34 heavy (non-hydrogen) atoms. The molecule has 3 atom stereocenters. The van der Waals surface area contributed by atoms with E-state index in [4.69, 9.17) is 17.0 Å². The lowest BCUT2D eigenvalue weighted by Crippen LogP contribution is -2.48. The van der Waals surface area contributed by atoms with Gasteiger partial charge in [0.2, 0.25) is 0 Å². The van der Waals surface area contributed by atoms with E-state index in [1.807, 2.05) is 14.2 Å². The monoisotopic (exact) mass is 509 g/mol. The molecule has 0 aromatic heterocycles. The first kappa shape index (κ1) is 28.7. The minimum Gasteiger partial charge on any atom is -0.383 e. The quantitative estimate of drug-likeness (QED) is 0.243. The Morgan fingerprint density at radius 3 is 1.79 bits per heavy atom. The van der Waals surface area contributed by atoms with Crippen molar-refractivity contribution in [3.63, 3.8) is 0 Å². The van der Waals surface area contributed by atoms with Gasteiger partial charge in [-0.1, -0.05) is 39.8 Å². The Morgan fingerprint density at radius 1 is 0.912 bits per heavy atom. The van der Waals surface area contributed by atoms with Gasteiger partial charge in [0.1, 0.15) is 13.1 Å². The van der Waals surface area contributed by atoms with Crippen LogP contribution in [0.25, 0.3) is 0 Å². The molecule has 0 saturated carbocycles. The van der Waals surface area contributed by atoms with Gasteiger partial charge in [-0.15, -0.1) is 0 Å². The third-order valence-electron chi connectivity index (χ3n) is 7.73. The molecule has 2 radical (unpaired) electrons. The molecule has 0 aromatic rings. The van der Waals surface area contributed by atoms with Crippen LogP contribution in [-0.2, 0) is 9.47 Å². The van der Waals surface area contributed by atoms with E-state index >= 15 is 0 Å². The second-order valence-electron chi connectivity index (χ2n) is 9.52. The van der Waals surface area contributed by atoms with E-state index in [-0.39, 0.29) is 5.66 Å². The van der Waals surface area contributed by atoms with Crippen molar-refractivity contribution in [1.82, 2.24) is 18.7 Å². The first-order chi connectivity index (χ1) is 16.5. The second-order valence-corrected chi connectivity index (χ2v) is 14.7. The van der Waals surface area contributed by atoms with Crippen molar-refractivity contribution in [2.45, 2.75) is 71.1 Å². The van der Waals surface area contributed by atoms with Crippen molar-refractivity contribution in [3.05, 3.63) is 23.5 Å². The molecule has 0 bridgehead atoms. The Kier molecular flexibility index (Phi) is 11.5. The summed E-state index contributed by atoms with van der Waals surface area (Å²) in [5.41, 5.74) is 0.259. The van der Waals surface area contributed by atoms with Crippen LogP contribution in [0.3, 0.4) is 0 Å². The highest BCUT2D eigenvalue weighted by Crippen LogP contribution is 2.74. The maximum atomic E-state index is 7.88. The summed E-state index contributed by atoms with van der Waals surface area (Å²) in [5.74, 6) is 0. The summed E-state index contributed by atoms with van der Waals surface area (Å²) in [5, 5.41) is 1.55. The fraction of sp³-hybridized carbons (Fsp3) is 0.840. The summed E-state index contributed by atoms with van der Waals surface area (Å²) in [6, 6.07) is 0.797. The van der Waals surface area contributed by atoms with Gasteiger partial charge >= 0.3 is 7.57 Å². The third-order valence-corrected chi connectivity index (χ3v) is 15.0. The summed E-state index contributed by atoms with van der Waals surface area (Å²) in [6.07, 6.45) is 11.9. The lowest BCUT2D eigenvalue weighted by Gasteiger charge is -2.49. The zero-order valence-corrected chi connectivity index (χ0v) is 24.3. The molecule has 0 aromatic carbocycles. The van der Waals surface area contributed by atoms with Gasteiger partial charge in [-0.3, -0.25) is 9.34 Å². The van der Waals surface area contributed by atoms with E-state index in [2.05, 4.69) is 64.6 Å². The van der Waals surface area contributed by atoms with Crippen molar-refractivity contribution in [2.75, 3.05) is 66.7 Å². The van der Waals surface area contributed by atoms with Crippen LogP contribution >= 0.6 is 15.7 Å². The Balaban J connectivity index is 2.07. The van der Waals surface area contributed by atoms with Gasteiger partial charge in [0.25, 0.3) is 0 Å². The molecule has 192 valence electrons. The van der Waals surface area contributed by atoms with E-state index in [0.29, 0.717) is 12.1 Å². The molecule has 3 rings (SSSR count). The van der Waals surface area contributed by atoms with Crippen LogP contribution in [0.4, 0.5) is 0 Å². The largest absolute Gasteiger partial charge is 0.410 e. The molecule has 3 aliphatic rings. The molecule has 9 heteroatoms.